The molecule has 102 valence electrons. The van der Waals surface area contributed by atoms with E-state index in [9.17, 15) is 22.7 Å². The maximum absolute atomic E-state index is 13.3. The van der Waals surface area contributed by atoms with Gasteiger partial charge in [0.05, 0.1) is 11.7 Å². The summed E-state index contributed by atoms with van der Waals surface area (Å²) in [6.45, 7) is 0.559. The van der Waals surface area contributed by atoms with Gasteiger partial charge in [0.2, 0.25) is 0 Å². The van der Waals surface area contributed by atoms with Gasteiger partial charge in [0.1, 0.15) is 5.82 Å². The van der Waals surface area contributed by atoms with Crippen LogP contribution in [0.3, 0.4) is 0 Å². The molecule has 18 heavy (non-hydrogen) atoms. The minimum absolute atomic E-state index is 0.155. The average Bonchev–Trinajstić information content (AvgIpc) is 2.23. The Kier molecular flexibility index (Phi) is 4.70. The Morgan fingerprint density at radius 1 is 1.28 bits per heavy atom. The largest absolute Gasteiger partial charge is 0.419 e. The summed E-state index contributed by atoms with van der Waals surface area (Å²) >= 11 is 0. The summed E-state index contributed by atoms with van der Waals surface area (Å²) in [5, 5.41) is 9.71. The van der Waals surface area contributed by atoms with Crippen LogP contribution in [-0.2, 0) is 6.18 Å². The van der Waals surface area contributed by atoms with Crippen LogP contribution in [0.5, 0.6) is 0 Å². The molecule has 0 saturated carbocycles. The van der Waals surface area contributed by atoms with Crippen molar-refractivity contribution in [2.75, 3.05) is 20.6 Å². The van der Waals surface area contributed by atoms with Gasteiger partial charge in [-0.25, -0.2) is 4.39 Å². The lowest BCUT2D eigenvalue weighted by atomic mass is 10.0. The standard InChI is InChI=1S/C12H15F4NO/c1-17(2)6-5-11(18)8-3-4-9(10(13)7-8)12(14,15)16/h3-4,7,11,18H,5-6H2,1-2H3. The zero-order chi connectivity index (χ0) is 13.9. The topological polar surface area (TPSA) is 23.5 Å². The van der Waals surface area contributed by atoms with E-state index >= 15 is 0 Å². The third kappa shape index (κ3) is 3.96. The first-order valence-electron chi connectivity index (χ1n) is 5.41. The summed E-state index contributed by atoms with van der Waals surface area (Å²) in [5.41, 5.74) is -1.16. The highest BCUT2D eigenvalue weighted by atomic mass is 19.4. The van der Waals surface area contributed by atoms with E-state index in [-0.39, 0.29) is 5.56 Å². The van der Waals surface area contributed by atoms with Crippen LogP contribution in [0.1, 0.15) is 23.7 Å². The Hall–Kier alpha value is -1.14. The summed E-state index contributed by atoms with van der Waals surface area (Å²) < 4.78 is 50.2. The van der Waals surface area contributed by atoms with Crippen molar-refractivity contribution in [1.82, 2.24) is 4.90 Å². The highest BCUT2D eigenvalue weighted by Crippen LogP contribution is 2.32. The molecule has 0 fully saturated rings. The van der Waals surface area contributed by atoms with Crippen LogP contribution in [-0.4, -0.2) is 30.6 Å². The summed E-state index contributed by atoms with van der Waals surface area (Å²) in [7, 11) is 3.61. The summed E-state index contributed by atoms with van der Waals surface area (Å²) in [6, 6.07) is 2.50. The molecule has 2 nitrogen and oxygen atoms in total. The molecule has 1 aromatic rings. The van der Waals surface area contributed by atoms with E-state index in [1.807, 2.05) is 4.90 Å². The van der Waals surface area contributed by atoms with Crippen molar-refractivity contribution in [3.8, 4) is 0 Å². The molecule has 1 N–H and O–H groups in total. The van der Waals surface area contributed by atoms with Crippen LogP contribution in [0.15, 0.2) is 18.2 Å². The minimum atomic E-state index is -4.71. The zero-order valence-electron chi connectivity index (χ0n) is 10.1. The lowest BCUT2D eigenvalue weighted by Gasteiger charge is -2.16. The van der Waals surface area contributed by atoms with Crippen molar-refractivity contribution >= 4 is 0 Å². The molecule has 0 aliphatic heterocycles. The molecule has 0 radical (unpaired) electrons. The number of alkyl halides is 3. The van der Waals surface area contributed by atoms with Gasteiger partial charge in [0.25, 0.3) is 0 Å². The van der Waals surface area contributed by atoms with Crippen molar-refractivity contribution < 1.29 is 22.7 Å². The van der Waals surface area contributed by atoms with E-state index in [1.165, 1.54) is 0 Å². The molecular weight excluding hydrogens is 250 g/mol. The Morgan fingerprint density at radius 3 is 2.33 bits per heavy atom. The number of aliphatic hydroxyl groups excluding tert-OH is 1. The second-order valence-electron chi connectivity index (χ2n) is 4.34. The molecular formula is C12H15F4NO. The van der Waals surface area contributed by atoms with Gasteiger partial charge in [-0.15, -0.1) is 0 Å². The molecule has 0 aromatic heterocycles. The summed E-state index contributed by atoms with van der Waals surface area (Å²) in [4.78, 5) is 1.82. The Labute approximate surface area is 103 Å². The van der Waals surface area contributed by atoms with E-state index in [4.69, 9.17) is 0 Å². The number of benzene rings is 1. The number of nitrogens with zero attached hydrogens (tertiary/aromatic N) is 1. The number of rotatable bonds is 4. The van der Waals surface area contributed by atoms with E-state index in [1.54, 1.807) is 14.1 Å². The van der Waals surface area contributed by atoms with Crippen LogP contribution < -0.4 is 0 Å². The fourth-order valence-electron chi connectivity index (χ4n) is 1.52. The monoisotopic (exact) mass is 265 g/mol. The number of halogens is 4. The molecule has 0 amide bonds. The molecule has 6 heteroatoms. The highest BCUT2D eigenvalue weighted by molar-refractivity contribution is 5.27. The SMILES string of the molecule is CN(C)CCC(O)c1ccc(C(F)(F)F)c(F)c1. The number of hydrogen-bond donors (Lipinski definition) is 1. The van der Waals surface area contributed by atoms with E-state index in [0.717, 1.165) is 12.1 Å². The van der Waals surface area contributed by atoms with Crippen molar-refractivity contribution in [3.63, 3.8) is 0 Å². The number of aliphatic hydroxyl groups is 1. The maximum Gasteiger partial charge on any atom is 0.419 e. The molecule has 0 heterocycles. The minimum Gasteiger partial charge on any atom is -0.388 e. The van der Waals surface area contributed by atoms with Gasteiger partial charge in [-0.05, 0) is 38.2 Å². The third-order valence-corrected chi connectivity index (χ3v) is 2.53. The fraction of sp³-hybridized carbons (Fsp3) is 0.500. The fourth-order valence-corrected chi connectivity index (χ4v) is 1.52. The highest BCUT2D eigenvalue weighted by Gasteiger charge is 2.34. The molecule has 0 aliphatic rings. The second-order valence-corrected chi connectivity index (χ2v) is 4.34. The van der Waals surface area contributed by atoms with Crippen LogP contribution in [0, 0.1) is 5.82 Å². The number of hydrogen-bond acceptors (Lipinski definition) is 2. The summed E-state index contributed by atoms with van der Waals surface area (Å²) in [5.74, 6) is -1.36. The van der Waals surface area contributed by atoms with Gasteiger partial charge in [0, 0.05) is 6.54 Å². The van der Waals surface area contributed by atoms with Gasteiger partial charge < -0.3 is 10.0 Å². The normalized spacial score (nSPS) is 14.0. The van der Waals surface area contributed by atoms with Crippen LogP contribution >= 0.6 is 0 Å². The average molecular weight is 265 g/mol. The molecule has 0 aliphatic carbocycles. The first kappa shape index (κ1) is 14.9. The molecule has 1 rings (SSSR count). The van der Waals surface area contributed by atoms with E-state index in [0.29, 0.717) is 19.0 Å². The van der Waals surface area contributed by atoms with Gasteiger partial charge in [-0.2, -0.15) is 13.2 Å². The third-order valence-electron chi connectivity index (χ3n) is 2.53. The van der Waals surface area contributed by atoms with Crippen LogP contribution in [0.2, 0.25) is 0 Å². The van der Waals surface area contributed by atoms with Gasteiger partial charge in [-0.1, -0.05) is 6.07 Å². The van der Waals surface area contributed by atoms with Crippen molar-refractivity contribution in [2.45, 2.75) is 18.7 Å². The Morgan fingerprint density at radius 2 is 1.89 bits per heavy atom. The molecule has 0 bridgehead atoms. The first-order chi connectivity index (χ1) is 8.21. The molecule has 1 atom stereocenters. The lowest BCUT2D eigenvalue weighted by Crippen LogP contribution is -2.16. The van der Waals surface area contributed by atoms with Gasteiger partial charge in [-0.3, -0.25) is 0 Å². The maximum atomic E-state index is 13.3. The predicted octanol–water partition coefficient (Wildman–Crippen LogP) is 2.83. The smallest absolute Gasteiger partial charge is 0.388 e. The molecule has 0 saturated heterocycles. The lowest BCUT2D eigenvalue weighted by molar-refractivity contribution is -0.140. The van der Waals surface area contributed by atoms with E-state index < -0.39 is 23.7 Å². The van der Waals surface area contributed by atoms with Crippen molar-refractivity contribution in [3.05, 3.63) is 35.1 Å². The van der Waals surface area contributed by atoms with Gasteiger partial charge >= 0.3 is 6.18 Å². The first-order valence-corrected chi connectivity index (χ1v) is 5.41. The summed E-state index contributed by atoms with van der Waals surface area (Å²) in [6.07, 6.45) is -5.35. The molecule has 0 spiro atoms. The zero-order valence-corrected chi connectivity index (χ0v) is 10.1. The quantitative estimate of drug-likeness (QED) is 0.846. The van der Waals surface area contributed by atoms with E-state index in [2.05, 4.69) is 0 Å². The second kappa shape index (κ2) is 5.67. The van der Waals surface area contributed by atoms with Crippen LogP contribution in [0.4, 0.5) is 17.6 Å². The molecule has 1 unspecified atom stereocenters. The Bertz CT molecular complexity index is 404. The predicted molar refractivity (Wildman–Crippen MR) is 59.5 cm³/mol. The molecule has 1 aromatic carbocycles. The Balaban J connectivity index is 2.84. The van der Waals surface area contributed by atoms with Crippen molar-refractivity contribution in [1.29, 1.82) is 0 Å². The van der Waals surface area contributed by atoms with Crippen molar-refractivity contribution in [2.24, 2.45) is 0 Å². The van der Waals surface area contributed by atoms with Gasteiger partial charge in [0.15, 0.2) is 0 Å². The van der Waals surface area contributed by atoms with Crippen LogP contribution in [0.25, 0.3) is 0 Å².